The molecule has 0 aliphatic heterocycles. The van der Waals surface area contributed by atoms with Crippen molar-refractivity contribution in [1.82, 2.24) is 16.0 Å². The second kappa shape index (κ2) is 13.3. The Hall–Kier alpha value is -2.89. The number of nitrogens with one attached hydrogen (secondary N) is 3. The minimum Gasteiger partial charge on any atom is -0.480 e. The van der Waals surface area contributed by atoms with Gasteiger partial charge in [-0.2, -0.15) is 0 Å². The maximum atomic E-state index is 12.7. The number of carbonyl (C=O) groups is 4. The summed E-state index contributed by atoms with van der Waals surface area (Å²) in [6.45, 7) is 4.90. The number of aliphatic imine (C=N–C) groups is 1. The van der Waals surface area contributed by atoms with Crippen LogP contribution in [0.4, 0.5) is 0 Å². The summed E-state index contributed by atoms with van der Waals surface area (Å²) in [5.41, 5.74) is 16.0. The summed E-state index contributed by atoms with van der Waals surface area (Å²) in [5.74, 6) is -2.95. The first-order chi connectivity index (χ1) is 13.4. The Balaban J connectivity index is 5.20. The first-order valence-electron chi connectivity index (χ1n) is 9.35. The van der Waals surface area contributed by atoms with Gasteiger partial charge in [-0.25, -0.2) is 0 Å². The van der Waals surface area contributed by atoms with Crippen molar-refractivity contribution < 1.29 is 24.3 Å². The molecule has 12 heteroatoms. The first-order valence-corrected chi connectivity index (χ1v) is 9.35. The number of carbonyl (C=O) groups excluding carboxylic acids is 3. The second-order valence-corrected chi connectivity index (χ2v) is 7.10. The monoisotopic (exact) mass is 415 g/mol. The molecule has 0 aliphatic carbocycles. The highest BCUT2D eigenvalue weighted by Gasteiger charge is 2.28. The largest absolute Gasteiger partial charge is 0.480 e. The molecule has 0 aliphatic rings. The van der Waals surface area contributed by atoms with E-state index in [2.05, 4.69) is 20.9 Å². The lowest BCUT2D eigenvalue weighted by atomic mass is 10.0. The fourth-order valence-electron chi connectivity index (χ4n) is 2.34. The van der Waals surface area contributed by atoms with Crippen LogP contribution in [0.1, 0.15) is 40.0 Å². The highest BCUT2D eigenvalue weighted by Crippen LogP contribution is 2.07. The maximum absolute atomic E-state index is 12.7. The molecule has 0 aromatic heterocycles. The van der Waals surface area contributed by atoms with E-state index in [0.717, 1.165) is 0 Å². The predicted octanol–water partition coefficient (Wildman–Crippen LogP) is -2.40. The van der Waals surface area contributed by atoms with Crippen LogP contribution in [0.2, 0.25) is 0 Å². The van der Waals surface area contributed by atoms with Crippen molar-refractivity contribution in [2.45, 2.75) is 58.2 Å². The fourth-order valence-corrected chi connectivity index (χ4v) is 2.34. The van der Waals surface area contributed by atoms with Gasteiger partial charge in [-0.3, -0.25) is 24.2 Å². The van der Waals surface area contributed by atoms with E-state index in [4.69, 9.17) is 22.3 Å². The zero-order chi connectivity index (χ0) is 22.6. The van der Waals surface area contributed by atoms with Crippen LogP contribution in [-0.2, 0) is 19.2 Å². The van der Waals surface area contributed by atoms with Crippen molar-refractivity contribution >= 4 is 29.7 Å². The minimum absolute atomic E-state index is 0.0836. The molecule has 3 amide bonds. The average Bonchev–Trinajstić information content (AvgIpc) is 2.60. The van der Waals surface area contributed by atoms with Gasteiger partial charge in [0, 0.05) is 6.54 Å². The van der Waals surface area contributed by atoms with Gasteiger partial charge in [0.25, 0.3) is 0 Å². The summed E-state index contributed by atoms with van der Waals surface area (Å²) in [6, 6.07) is -2.70. The van der Waals surface area contributed by atoms with Crippen LogP contribution in [0.15, 0.2) is 4.99 Å². The number of amides is 3. The molecule has 10 N–H and O–H groups in total. The molecule has 12 nitrogen and oxygen atoms in total. The molecule has 29 heavy (non-hydrogen) atoms. The maximum Gasteiger partial charge on any atom is 0.322 e. The fraction of sp³-hybridized carbons (Fsp3) is 0.706. The molecule has 3 atom stereocenters. The zero-order valence-corrected chi connectivity index (χ0v) is 17.1. The van der Waals surface area contributed by atoms with Gasteiger partial charge in [-0.05, 0) is 32.1 Å². The van der Waals surface area contributed by atoms with Crippen molar-refractivity contribution in [2.75, 3.05) is 13.1 Å². The van der Waals surface area contributed by atoms with Gasteiger partial charge in [0.05, 0.1) is 6.04 Å². The van der Waals surface area contributed by atoms with Crippen LogP contribution in [0.25, 0.3) is 0 Å². The summed E-state index contributed by atoms with van der Waals surface area (Å²) < 4.78 is 0. The smallest absolute Gasteiger partial charge is 0.322 e. The molecule has 0 saturated heterocycles. The van der Waals surface area contributed by atoms with E-state index in [-0.39, 0.29) is 24.8 Å². The number of nitrogens with zero attached hydrogens (tertiary/aromatic N) is 1. The lowest BCUT2D eigenvalue weighted by Crippen LogP contribution is -2.56. The third kappa shape index (κ3) is 12.2. The summed E-state index contributed by atoms with van der Waals surface area (Å²) >= 11 is 0. The number of nitrogens with two attached hydrogens (primary N) is 3. The van der Waals surface area contributed by atoms with E-state index in [0.29, 0.717) is 12.8 Å². The predicted molar refractivity (Wildman–Crippen MR) is 108 cm³/mol. The molecule has 0 aromatic carbocycles. The first kappa shape index (κ1) is 26.1. The number of carboxylic acids is 1. The number of guanidine groups is 1. The Bertz CT molecular complexity index is 603. The van der Waals surface area contributed by atoms with Crippen molar-refractivity contribution in [3.05, 3.63) is 0 Å². The summed E-state index contributed by atoms with van der Waals surface area (Å²) in [7, 11) is 0. The van der Waals surface area contributed by atoms with Crippen molar-refractivity contribution in [1.29, 1.82) is 0 Å². The summed E-state index contributed by atoms with van der Waals surface area (Å²) in [6.07, 6.45) is 0.871. The molecule has 0 rings (SSSR count). The molecule has 3 unspecified atom stereocenters. The lowest BCUT2D eigenvalue weighted by Gasteiger charge is -2.24. The highest BCUT2D eigenvalue weighted by molar-refractivity contribution is 5.93. The van der Waals surface area contributed by atoms with Crippen LogP contribution in [0, 0.1) is 5.92 Å². The molecule has 0 spiro atoms. The van der Waals surface area contributed by atoms with E-state index in [1.807, 2.05) is 13.8 Å². The molecule has 0 saturated carbocycles. The minimum atomic E-state index is -1.22. The third-order valence-corrected chi connectivity index (χ3v) is 3.75. The molecule has 166 valence electrons. The van der Waals surface area contributed by atoms with Crippen molar-refractivity contribution in [2.24, 2.45) is 28.1 Å². The molecule has 0 heterocycles. The van der Waals surface area contributed by atoms with E-state index < -0.39 is 48.4 Å². The number of hydrogen-bond acceptors (Lipinski definition) is 6. The van der Waals surface area contributed by atoms with Gasteiger partial charge in [-0.15, -0.1) is 0 Å². The van der Waals surface area contributed by atoms with Crippen LogP contribution >= 0.6 is 0 Å². The second-order valence-electron chi connectivity index (χ2n) is 7.10. The Kier molecular flexibility index (Phi) is 12.0. The van der Waals surface area contributed by atoms with Gasteiger partial charge in [0.1, 0.15) is 18.6 Å². The van der Waals surface area contributed by atoms with Gasteiger partial charge in [0.15, 0.2) is 5.96 Å². The van der Waals surface area contributed by atoms with Gasteiger partial charge >= 0.3 is 5.97 Å². The Morgan fingerprint density at radius 1 is 0.966 bits per heavy atom. The molecule has 0 aromatic rings. The van der Waals surface area contributed by atoms with Gasteiger partial charge < -0.3 is 38.3 Å². The van der Waals surface area contributed by atoms with Crippen molar-refractivity contribution in [3.8, 4) is 0 Å². The molecular weight excluding hydrogens is 382 g/mol. The van der Waals surface area contributed by atoms with E-state index in [9.17, 15) is 19.2 Å². The van der Waals surface area contributed by atoms with Gasteiger partial charge in [-0.1, -0.05) is 13.8 Å². The summed E-state index contributed by atoms with van der Waals surface area (Å²) in [5, 5.41) is 16.1. The average molecular weight is 415 g/mol. The quantitative estimate of drug-likeness (QED) is 0.0975. The highest BCUT2D eigenvalue weighted by atomic mass is 16.4. The Labute approximate surface area is 170 Å². The molecule has 0 fully saturated rings. The summed E-state index contributed by atoms with van der Waals surface area (Å²) in [4.78, 5) is 51.4. The van der Waals surface area contributed by atoms with Crippen LogP contribution in [0.3, 0.4) is 0 Å². The normalized spacial score (nSPS) is 13.7. The van der Waals surface area contributed by atoms with Crippen LogP contribution < -0.4 is 33.2 Å². The van der Waals surface area contributed by atoms with E-state index in [1.54, 1.807) is 0 Å². The van der Waals surface area contributed by atoms with Crippen LogP contribution in [0.5, 0.6) is 0 Å². The number of rotatable bonds is 13. The standard InChI is InChI=1S/C17H33N7O5/c1-9(2)7-12(24-14(27)10(3)18)16(29)23-11(5-4-6-21-17(19)20)15(28)22-8-13(25)26/h9-12H,4-8,18H2,1-3H3,(H,22,28)(H,23,29)(H,24,27)(H,25,26)(H4,19,20,21). The van der Waals surface area contributed by atoms with E-state index >= 15 is 0 Å². The Morgan fingerprint density at radius 3 is 2.03 bits per heavy atom. The zero-order valence-electron chi connectivity index (χ0n) is 17.1. The third-order valence-electron chi connectivity index (χ3n) is 3.75. The van der Waals surface area contributed by atoms with Crippen molar-refractivity contribution in [3.63, 3.8) is 0 Å². The molecule has 0 bridgehead atoms. The number of hydrogen-bond donors (Lipinski definition) is 7. The van der Waals surface area contributed by atoms with Crippen LogP contribution in [-0.4, -0.2) is 66.0 Å². The van der Waals surface area contributed by atoms with E-state index in [1.165, 1.54) is 6.92 Å². The number of aliphatic carboxylic acids is 1. The Morgan fingerprint density at radius 2 is 1.55 bits per heavy atom. The van der Waals surface area contributed by atoms with Gasteiger partial charge in [0.2, 0.25) is 17.7 Å². The molecule has 0 radical (unpaired) electrons. The topological polar surface area (TPSA) is 215 Å². The lowest BCUT2D eigenvalue weighted by molar-refractivity contribution is -0.138. The molecular formula is C17H33N7O5. The SMILES string of the molecule is CC(C)CC(NC(=O)C(C)N)C(=O)NC(CCCN=C(N)N)C(=O)NCC(=O)O. The number of carboxylic acid groups (broad SMARTS) is 1.